The van der Waals surface area contributed by atoms with Gasteiger partial charge >= 0.3 is 0 Å². The second-order valence-corrected chi connectivity index (χ2v) is 3.91. The van der Waals surface area contributed by atoms with Crippen LogP contribution in [0.1, 0.15) is 13.8 Å². The third-order valence-corrected chi connectivity index (χ3v) is 2.14. The van der Waals surface area contributed by atoms with Crippen molar-refractivity contribution in [2.24, 2.45) is 11.7 Å². The summed E-state index contributed by atoms with van der Waals surface area (Å²) < 4.78 is 0. The molecule has 90 valence electrons. The first-order valence-corrected chi connectivity index (χ1v) is 5.27. The quantitative estimate of drug-likeness (QED) is 0.687. The van der Waals surface area contributed by atoms with Gasteiger partial charge < -0.3 is 11.1 Å². The van der Waals surface area contributed by atoms with E-state index in [9.17, 15) is 4.79 Å². The molecule has 0 unspecified atom stereocenters. The number of hydrogen-bond donors (Lipinski definition) is 3. The lowest BCUT2D eigenvalue weighted by atomic mass is 10.1. The predicted molar refractivity (Wildman–Crippen MR) is 67.7 cm³/mol. The summed E-state index contributed by atoms with van der Waals surface area (Å²) in [6.07, 6.45) is 4.49. The van der Waals surface area contributed by atoms with Crippen LogP contribution < -0.4 is 11.1 Å². The number of nitrogens with one attached hydrogen (secondary N) is 2. The molecule has 4 N–H and O–H groups in total. The smallest absolute Gasteiger partial charge is 0.273 e. The van der Waals surface area contributed by atoms with Gasteiger partial charge in [-0.15, -0.1) is 0 Å². The van der Waals surface area contributed by atoms with E-state index in [1.54, 1.807) is 18.3 Å². The zero-order valence-electron chi connectivity index (χ0n) is 9.90. The first-order valence-electron chi connectivity index (χ1n) is 5.27. The number of nitrogens with two attached hydrogens (primary N) is 1. The molecule has 0 spiro atoms. The van der Waals surface area contributed by atoms with Crippen LogP contribution in [-0.4, -0.2) is 16.6 Å². The molecule has 1 heterocycles. The average Bonchev–Trinajstić information content (AvgIpc) is 2.29. The summed E-state index contributed by atoms with van der Waals surface area (Å²) in [7, 11) is 0. The highest BCUT2D eigenvalue weighted by molar-refractivity contribution is 6.46. The number of rotatable bonds is 4. The number of aromatic nitrogens is 1. The number of nitrogens with zero attached hydrogens (tertiary/aromatic N) is 1. The summed E-state index contributed by atoms with van der Waals surface area (Å²) in [6, 6.07) is 3.41. The van der Waals surface area contributed by atoms with Crippen molar-refractivity contribution in [3.8, 4) is 0 Å². The Bertz CT molecular complexity index is 437. The molecule has 5 nitrogen and oxygen atoms in total. The standard InChI is InChI=1S/C12H16N4O/c1-8(2)10(13)6-11(14)12(17)16-9-4-3-5-15-7-9/h3-8,14H,13H2,1-2H3,(H,16,17). The molecule has 0 aliphatic carbocycles. The van der Waals surface area contributed by atoms with Crippen molar-refractivity contribution in [3.63, 3.8) is 0 Å². The second kappa shape index (κ2) is 5.79. The van der Waals surface area contributed by atoms with E-state index in [-0.39, 0.29) is 11.6 Å². The van der Waals surface area contributed by atoms with Gasteiger partial charge in [-0.3, -0.25) is 15.2 Å². The van der Waals surface area contributed by atoms with Gasteiger partial charge in [-0.05, 0) is 24.1 Å². The van der Waals surface area contributed by atoms with Gasteiger partial charge in [-0.1, -0.05) is 13.8 Å². The fraction of sp³-hybridized carbons (Fsp3) is 0.250. The van der Waals surface area contributed by atoms with E-state index >= 15 is 0 Å². The second-order valence-electron chi connectivity index (χ2n) is 3.91. The first-order chi connectivity index (χ1) is 8.00. The molecular weight excluding hydrogens is 216 g/mol. The van der Waals surface area contributed by atoms with E-state index in [1.165, 1.54) is 12.3 Å². The predicted octanol–water partition coefficient (Wildman–Crippen LogP) is 1.54. The highest BCUT2D eigenvalue weighted by Gasteiger charge is 2.08. The Morgan fingerprint density at radius 1 is 1.59 bits per heavy atom. The SMILES string of the molecule is CC(C)C(N)=CC(=N)C(=O)Nc1cccnc1. The molecule has 0 aliphatic rings. The number of anilines is 1. The first kappa shape index (κ1) is 12.9. The van der Waals surface area contributed by atoms with Crippen LogP contribution in [0.5, 0.6) is 0 Å². The minimum atomic E-state index is -0.499. The fourth-order valence-corrected chi connectivity index (χ4v) is 1.03. The number of pyridine rings is 1. The van der Waals surface area contributed by atoms with Crippen LogP contribution >= 0.6 is 0 Å². The number of hydrogen-bond acceptors (Lipinski definition) is 4. The van der Waals surface area contributed by atoms with Crippen LogP contribution in [-0.2, 0) is 4.79 Å². The molecule has 0 saturated heterocycles. The van der Waals surface area contributed by atoms with Crippen molar-refractivity contribution in [3.05, 3.63) is 36.3 Å². The monoisotopic (exact) mass is 232 g/mol. The Labute approximate surface area is 100 Å². The molecule has 0 saturated carbocycles. The van der Waals surface area contributed by atoms with Crippen LogP contribution in [0.25, 0.3) is 0 Å². The molecule has 17 heavy (non-hydrogen) atoms. The molecule has 0 aliphatic heterocycles. The lowest BCUT2D eigenvalue weighted by Gasteiger charge is -2.06. The summed E-state index contributed by atoms with van der Waals surface area (Å²) in [5, 5.41) is 10.1. The summed E-state index contributed by atoms with van der Waals surface area (Å²) in [6.45, 7) is 3.80. The molecule has 0 fully saturated rings. The molecule has 0 radical (unpaired) electrons. The van der Waals surface area contributed by atoms with Crippen LogP contribution in [0.15, 0.2) is 36.3 Å². The molecular formula is C12H16N4O. The van der Waals surface area contributed by atoms with Crippen molar-refractivity contribution in [1.82, 2.24) is 4.98 Å². The van der Waals surface area contributed by atoms with Gasteiger partial charge in [0.2, 0.25) is 0 Å². The Kier molecular flexibility index (Phi) is 4.39. The van der Waals surface area contributed by atoms with Crippen LogP contribution in [0, 0.1) is 11.3 Å². The van der Waals surface area contributed by atoms with Crippen molar-refractivity contribution < 1.29 is 4.79 Å². The normalized spacial score (nSPS) is 11.4. The molecule has 1 rings (SSSR count). The maximum absolute atomic E-state index is 11.6. The molecule has 5 heteroatoms. The number of amides is 1. The Morgan fingerprint density at radius 3 is 2.82 bits per heavy atom. The van der Waals surface area contributed by atoms with Gasteiger partial charge in [0.05, 0.1) is 11.9 Å². The Morgan fingerprint density at radius 2 is 2.29 bits per heavy atom. The third-order valence-electron chi connectivity index (χ3n) is 2.14. The molecule has 1 amide bonds. The summed E-state index contributed by atoms with van der Waals surface area (Å²) in [4.78, 5) is 15.5. The van der Waals surface area contributed by atoms with Gasteiger partial charge in [0, 0.05) is 11.9 Å². The fourth-order valence-electron chi connectivity index (χ4n) is 1.03. The minimum Gasteiger partial charge on any atom is -0.402 e. The third kappa shape index (κ3) is 4.06. The van der Waals surface area contributed by atoms with Gasteiger partial charge in [0.15, 0.2) is 0 Å². The van der Waals surface area contributed by atoms with Gasteiger partial charge in [-0.25, -0.2) is 0 Å². The number of carbonyl (C=O) groups excluding carboxylic acids is 1. The van der Waals surface area contributed by atoms with E-state index in [1.807, 2.05) is 13.8 Å². The molecule has 0 atom stereocenters. The van der Waals surface area contributed by atoms with Crippen molar-refractivity contribution >= 4 is 17.3 Å². The molecule has 0 aromatic carbocycles. The molecule has 1 aromatic heterocycles. The van der Waals surface area contributed by atoms with E-state index in [4.69, 9.17) is 11.1 Å². The summed E-state index contributed by atoms with van der Waals surface area (Å²) >= 11 is 0. The highest BCUT2D eigenvalue weighted by Crippen LogP contribution is 2.05. The van der Waals surface area contributed by atoms with Crippen LogP contribution in [0.4, 0.5) is 5.69 Å². The molecule has 1 aromatic rings. The molecule has 0 bridgehead atoms. The van der Waals surface area contributed by atoms with Gasteiger partial charge in [-0.2, -0.15) is 0 Å². The van der Waals surface area contributed by atoms with E-state index in [0.29, 0.717) is 11.4 Å². The van der Waals surface area contributed by atoms with E-state index < -0.39 is 5.91 Å². The minimum absolute atomic E-state index is 0.113. The van der Waals surface area contributed by atoms with Crippen molar-refractivity contribution in [2.75, 3.05) is 5.32 Å². The summed E-state index contributed by atoms with van der Waals surface area (Å²) in [5.74, 6) is -0.386. The van der Waals surface area contributed by atoms with E-state index in [2.05, 4.69) is 10.3 Å². The summed E-state index contributed by atoms with van der Waals surface area (Å²) in [5.41, 5.74) is 6.57. The lowest BCUT2D eigenvalue weighted by molar-refractivity contribution is -0.110. The maximum atomic E-state index is 11.6. The largest absolute Gasteiger partial charge is 0.402 e. The van der Waals surface area contributed by atoms with Crippen molar-refractivity contribution in [2.45, 2.75) is 13.8 Å². The zero-order chi connectivity index (χ0) is 12.8. The van der Waals surface area contributed by atoms with Gasteiger partial charge in [0.1, 0.15) is 5.71 Å². The topological polar surface area (TPSA) is 91.9 Å². The number of allylic oxidation sites excluding steroid dienone is 1. The Balaban J connectivity index is 2.66. The lowest BCUT2D eigenvalue weighted by Crippen LogP contribution is -2.22. The van der Waals surface area contributed by atoms with Gasteiger partial charge in [0.25, 0.3) is 5.91 Å². The highest BCUT2D eigenvalue weighted by atomic mass is 16.1. The average molecular weight is 232 g/mol. The Hall–Kier alpha value is -2.17. The van der Waals surface area contributed by atoms with E-state index in [0.717, 1.165) is 0 Å². The number of carbonyl (C=O) groups is 1. The van der Waals surface area contributed by atoms with Crippen LogP contribution in [0.2, 0.25) is 0 Å². The zero-order valence-corrected chi connectivity index (χ0v) is 9.90. The maximum Gasteiger partial charge on any atom is 0.273 e. The van der Waals surface area contributed by atoms with Crippen LogP contribution in [0.3, 0.4) is 0 Å². The van der Waals surface area contributed by atoms with Crippen molar-refractivity contribution in [1.29, 1.82) is 5.41 Å².